The molecule has 1 aliphatic rings. The standard InChI is InChI=1S/C17H20N2/c1-13-8-9-15(12-18)17(11-13)19-10-4-6-14-5-2-3-7-16(14)19/h2-3,5,7-9,11H,4,6,10,12,18H2,1H3. The predicted molar refractivity (Wildman–Crippen MR) is 80.8 cm³/mol. The number of nitrogens with zero attached hydrogens (tertiary/aromatic N) is 1. The first-order chi connectivity index (χ1) is 9.29. The Morgan fingerprint density at radius 2 is 1.95 bits per heavy atom. The highest BCUT2D eigenvalue weighted by molar-refractivity contribution is 5.70. The van der Waals surface area contributed by atoms with Gasteiger partial charge in [-0.05, 0) is 48.6 Å². The van der Waals surface area contributed by atoms with Crippen LogP contribution in [0.3, 0.4) is 0 Å². The minimum absolute atomic E-state index is 0.592. The van der Waals surface area contributed by atoms with Gasteiger partial charge in [-0.1, -0.05) is 30.3 Å². The Morgan fingerprint density at radius 1 is 1.11 bits per heavy atom. The van der Waals surface area contributed by atoms with E-state index in [4.69, 9.17) is 5.73 Å². The second-order valence-corrected chi connectivity index (χ2v) is 5.22. The summed E-state index contributed by atoms with van der Waals surface area (Å²) in [5.41, 5.74) is 12.5. The third kappa shape index (κ3) is 2.24. The van der Waals surface area contributed by atoms with Crippen LogP contribution in [-0.2, 0) is 13.0 Å². The molecule has 3 rings (SSSR count). The molecule has 0 saturated carbocycles. The number of rotatable bonds is 2. The smallest absolute Gasteiger partial charge is 0.0459 e. The van der Waals surface area contributed by atoms with E-state index in [-0.39, 0.29) is 0 Å². The second-order valence-electron chi connectivity index (χ2n) is 5.22. The Balaban J connectivity index is 2.11. The third-order valence-corrected chi connectivity index (χ3v) is 3.86. The Morgan fingerprint density at radius 3 is 2.79 bits per heavy atom. The van der Waals surface area contributed by atoms with E-state index in [1.807, 2.05) is 0 Å². The van der Waals surface area contributed by atoms with E-state index in [0.29, 0.717) is 6.54 Å². The van der Waals surface area contributed by atoms with Gasteiger partial charge in [-0.2, -0.15) is 0 Å². The molecule has 0 bridgehead atoms. The highest BCUT2D eigenvalue weighted by Crippen LogP contribution is 2.35. The molecule has 2 aromatic carbocycles. The van der Waals surface area contributed by atoms with Crippen molar-refractivity contribution in [3.63, 3.8) is 0 Å². The minimum atomic E-state index is 0.592. The van der Waals surface area contributed by atoms with E-state index >= 15 is 0 Å². The number of aryl methyl sites for hydroxylation is 2. The molecule has 2 nitrogen and oxygen atoms in total. The molecule has 0 saturated heterocycles. The van der Waals surface area contributed by atoms with Crippen molar-refractivity contribution >= 4 is 11.4 Å². The summed E-state index contributed by atoms with van der Waals surface area (Å²) >= 11 is 0. The molecule has 0 fully saturated rings. The van der Waals surface area contributed by atoms with Gasteiger partial charge in [0.2, 0.25) is 0 Å². The van der Waals surface area contributed by atoms with Crippen LogP contribution in [0, 0.1) is 6.92 Å². The second kappa shape index (κ2) is 5.06. The van der Waals surface area contributed by atoms with Crippen LogP contribution in [0.25, 0.3) is 0 Å². The lowest BCUT2D eigenvalue weighted by Gasteiger charge is -2.33. The SMILES string of the molecule is Cc1ccc(CN)c(N2CCCc3ccccc32)c1. The summed E-state index contributed by atoms with van der Waals surface area (Å²) in [5, 5.41) is 0. The van der Waals surface area contributed by atoms with Crippen LogP contribution in [0.15, 0.2) is 42.5 Å². The molecule has 2 aromatic rings. The van der Waals surface area contributed by atoms with Gasteiger partial charge in [0.15, 0.2) is 0 Å². The van der Waals surface area contributed by atoms with E-state index < -0.39 is 0 Å². The summed E-state index contributed by atoms with van der Waals surface area (Å²) in [6.07, 6.45) is 2.38. The maximum Gasteiger partial charge on any atom is 0.0459 e. The molecule has 0 atom stereocenters. The van der Waals surface area contributed by atoms with E-state index in [0.717, 1.165) is 6.54 Å². The number of fused-ring (bicyclic) bond motifs is 1. The van der Waals surface area contributed by atoms with E-state index in [1.165, 1.54) is 40.9 Å². The van der Waals surface area contributed by atoms with Gasteiger partial charge in [-0.3, -0.25) is 0 Å². The highest BCUT2D eigenvalue weighted by atomic mass is 15.1. The molecule has 1 aliphatic heterocycles. The summed E-state index contributed by atoms with van der Waals surface area (Å²) in [7, 11) is 0. The van der Waals surface area contributed by atoms with Crippen LogP contribution in [0.2, 0.25) is 0 Å². The number of para-hydroxylation sites is 1. The Labute approximate surface area is 114 Å². The van der Waals surface area contributed by atoms with E-state index in [9.17, 15) is 0 Å². The fourth-order valence-electron chi connectivity index (χ4n) is 2.88. The van der Waals surface area contributed by atoms with Crippen LogP contribution in [0.4, 0.5) is 11.4 Å². The number of anilines is 2. The van der Waals surface area contributed by atoms with Gasteiger partial charge < -0.3 is 10.6 Å². The molecule has 0 spiro atoms. The van der Waals surface area contributed by atoms with Crippen molar-refractivity contribution < 1.29 is 0 Å². The van der Waals surface area contributed by atoms with Crippen molar-refractivity contribution in [3.8, 4) is 0 Å². The average Bonchev–Trinajstić information content (AvgIpc) is 2.46. The summed E-state index contributed by atoms with van der Waals surface area (Å²) in [6.45, 7) is 3.81. The molecule has 0 aromatic heterocycles. The van der Waals surface area contributed by atoms with Gasteiger partial charge in [0.1, 0.15) is 0 Å². The van der Waals surface area contributed by atoms with Gasteiger partial charge in [-0.25, -0.2) is 0 Å². The Kier molecular flexibility index (Phi) is 3.26. The molecule has 0 unspecified atom stereocenters. The topological polar surface area (TPSA) is 29.3 Å². The van der Waals surface area contributed by atoms with Gasteiger partial charge in [0, 0.05) is 24.5 Å². The van der Waals surface area contributed by atoms with Gasteiger partial charge in [0.25, 0.3) is 0 Å². The average molecular weight is 252 g/mol. The van der Waals surface area contributed by atoms with Gasteiger partial charge in [0.05, 0.1) is 0 Å². The number of benzene rings is 2. The summed E-state index contributed by atoms with van der Waals surface area (Å²) in [4.78, 5) is 2.42. The van der Waals surface area contributed by atoms with Crippen molar-refractivity contribution in [2.45, 2.75) is 26.3 Å². The lowest BCUT2D eigenvalue weighted by Crippen LogP contribution is -2.25. The molecule has 1 heterocycles. The normalized spacial score (nSPS) is 14.3. The van der Waals surface area contributed by atoms with Crippen molar-refractivity contribution in [1.82, 2.24) is 0 Å². The summed E-state index contributed by atoms with van der Waals surface area (Å²) in [5.74, 6) is 0. The molecule has 2 N–H and O–H groups in total. The van der Waals surface area contributed by atoms with Crippen molar-refractivity contribution in [3.05, 3.63) is 59.2 Å². The third-order valence-electron chi connectivity index (χ3n) is 3.86. The molecule has 0 aliphatic carbocycles. The Hall–Kier alpha value is -1.80. The maximum atomic E-state index is 5.90. The first-order valence-corrected chi connectivity index (χ1v) is 6.94. The molecule has 2 heteroatoms. The zero-order valence-corrected chi connectivity index (χ0v) is 11.4. The molecule has 0 radical (unpaired) electrons. The van der Waals surface area contributed by atoms with Crippen LogP contribution in [-0.4, -0.2) is 6.54 Å². The number of hydrogen-bond acceptors (Lipinski definition) is 2. The molecule has 0 amide bonds. The fraction of sp³-hybridized carbons (Fsp3) is 0.294. The highest BCUT2D eigenvalue weighted by Gasteiger charge is 2.19. The van der Waals surface area contributed by atoms with Crippen LogP contribution in [0.1, 0.15) is 23.1 Å². The molecular weight excluding hydrogens is 232 g/mol. The van der Waals surface area contributed by atoms with E-state index in [2.05, 4.69) is 54.3 Å². The van der Waals surface area contributed by atoms with Crippen LogP contribution < -0.4 is 10.6 Å². The molecular formula is C17H20N2. The lowest BCUT2D eigenvalue weighted by molar-refractivity contribution is 0.763. The quantitative estimate of drug-likeness (QED) is 0.885. The van der Waals surface area contributed by atoms with Crippen LogP contribution >= 0.6 is 0 Å². The van der Waals surface area contributed by atoms with Gasteiger partial charge in [-0.15, -0.1) is 0 Å². The number of hydrogen-bond donors (Lipinski definition) is 1. The molecule has 19 heavy (non-hydrogen) atoms. The first kappa shape index (κ1) is 12.2. The summed E-state index contributed by atoms with van der Waals surface area (Å²) in [6, 6.07) is 15.3. The van der Waals surface area contributed by atoms with Crippen molar-refractivity contribution in [2.75, 3.05) is 11.4 Å². The Bertz CT molecular complexity index is 590. The van der Waals surface area contributed by atoms with Crippen molar-refractivity contribution in [2.24, 2.45) is 5.73 Å². The predicted octanol–water partition coefficient (Wildman–Crippen LogP) is 3.54. The van der Waals surface area contributed by atoms with Gasteiger partial charge >= 0.3 is 0 Å². The summed E-state index contributed by atoms with van der Waals surface area (Å²) < 4.78 is 0. The fourth-order valence-corrected chi connectivity index (χ4v) is 2.88. The zero-order chi connectivity index (χ0) is 13.2. The number of nitrogens with two attached hydrogens (primary N) is 1. The van der Waals surface area contributed by atoms with E-state index in [1.54, 1.807) is 0 Å². The minimum Gasteiger partial charge on any atom is -0.341 e. The largest absolute Gasteiger partial charge is 0.341 e. The van der Waals surface area contributed by atoms with Crippen LogP contribution in [0.5, 0.6) is 0 Å². The zero-order valence-electron chi connectivity index (χ0n) is 11.4. The lowest BCUT2D eigenvalue weighted by atomic mass is 9.99. The monoisotopic (exact) mass is 252 g/mol. The first-order valence-electron chi connectivity index (χ1n) is 6.94. The molecule has 98 valence electrons. The maximum absolute atomic E-state index is 5.90. The van der Waals surface area contributed by atoms with Crippen molar-refractivity contribution in [1.29, 1.82) is 0 Å².